The van der Waals surface area contributed by atoms with Crippen LogP contribution >= 0.6 is 22.7 Å². The van der Waals surface area contributed by atoms with Gasteiger partial charge in [0.05, 0.1) is 0 Å². The molecule has 0 aliphatic heterocycles. The third kappa shape index (κ3) is 5.31. The molecule has 0 spiro atoms. The Morgan fingerprint density at radius 3 is 0.727 bits per heavy atom. The first kappa shape index (κ1) is 26.6. The number of rotatable bonds is 6. The van der Waals surface area contributed by atoms with Gasteiger partial charge in [-0.15, -0.1) is 22.7 Å². The third-order valence-corrected chi connectivity index (χ3v) is 10.6. The zero-order valence-electron chi connectivity index (χ0n) is 24.0. The maximum absolute atomic E-state index is 2.35. The molecule has 0 saturated carbocycles. The van der Waals surface area contributed by atoms with Crippen molar-refractivity contribution >= 4 is 32.1 Å². The van der Waals surface area contributed by atoms with Crippen LogP contribution in [0.15, 0.2) is 170 Å². The Morgan fingerprint density at radius 1 is 0.227 bits per heavy atom. The fourth-order valence-corrected chi connectivity index (χ4v) is 8.15. The Hall–Kier alpha value is -5.02. The topological polar surface area (TPSA) is 0 Å². The number of hydrogen-bond acceptors (Lipinski definition) is 2. The van der Waals surface area contributed by atoms with E-state index in [0.717, 1.165) is 0 Å². The van der Waals surface area contributed by atoms with E-state index in [2.05, 4.69) is 170 Å². The Bertz CT molecular complexity index is 1960. The van der Waals surface area contributed by atoms with E-state index in [4.69, 9.17) is 0 Å². The zero-order valence-corrected chi connectivity index (χ0v) is 25.6. The quantitative estimate of drug-likeness (QED) is 0.179. The summed E-state index contributed by atoms with van der Waals surface area (Å²) in [6.07, 6.45) is 0. The molecule has 0 unspecified atom stereocenters. The van der Waals surface area contributed by atoms with Gasteiger partial charge in [0.2, 0.25) is 0 Å². The van der Waals surface area contributed by atoms with Gasteiger partial charge < -0.3 is 0 Å². The molecule has 8 rings (SSSR count). The number of thiophene rings is 2. The molecule has 0 aliphatic carbocycles. The average molecular weight is 597 g/mol. The molecule has 0 nitrogen and oxygen atoms in total. The van der Waals surface area contributed by atoms with Gasteiger partial charge in [-0.3, -0.25) is 0 Å². The minimum Gasteiger partial charge on any atom is -0.134 e. The summed E-state index contributed by atoms with van der Waals surface area (Å²) in [4.78, 5) is 2.64. The van der Waals surface area contributed by atoms with Gasteiger partial charge in [-0.25, -0.2) is 0 Å². The number of benzene rings is 6. The summed E-state index contributed by atoms with van der Waals surface area (Å²) in [6.45, 7) is 0. The van der Waals surface area contributed by atoms with Crippen LogP contribution in [-0.2, 0) is 0 Å². The molecular weight excluding hydrogens is 569 g/mol. The van der Waals surface area contributed by atoms with Crippen molar-refractivity contribution in [2.75, 3.05) is 0 Å². The fraction of sp³-hybridized carbons (Fsp3) is 0. The molecule has 2 heteroatoms. The number of fused-ring (bicyclic) bond motifs is 1. The van der Waals surface area contributed by atoms with Crippen LogP contribution in [-0.4, -0.2) is 0 Å². The molecule has 6 aromatic carbocycles. The molecule has 0 bridgehead atoms. The van der Waals surface area contributed by atoms with Crippen LogP contribution < -0.4 is 0 Å². The normalized spacial score (nSPS) is 11.2. The summed E-state index contributed by atoms with van der Waals surface area (Å²) in [5.41, 5.74) is 12.5. The lowest BCUT2D eigenvalue weighted by Gasteiger charge is -2.06. The van der Waals surface area contributed by atoms with E-state index in [0.29, 0.717) is 0 Å². The van der Waals surface area contributed by atoms with Crippen LogP contribution in [0.2, 0.25) is 0 Å². The van der Waals surface area contributed by atoms with Crippen molar-refractivity contribution in [3.8, 4) is 65.4 Å². The first-order chi connectivity index (χ1) is 21.8. The van der Waals surface area contributed by atoms with Gasteiger partial charge in [0.15, 0.2) is 0 Å². The largest absolute Gasteiger partial charge is 0.134 e. The standard InChI is InChI=1S/C42H28S2/c1-3-7-29(8-4-1)31-11-15-33(16-12-31)35-19-23-37(24-20-35)39-27-41-42(43-39)28-40(44-41)38-25-21-36(22-26-38)34-17-13-32(14-18-34)30-9-5-2-6-10-30/h1-28H. The van der Waals surface area contributed by atoms with Gasteiger partial charge in [-0.2, -0.15) is 0 Å². The predicted molar refractivity (Wildman–Crippen MR) is 192 cm³/mol. The third-order valence-electron chi connectivity index (χ3n) is 8.20. The van der Waals surface area contributed by atoms with Crippen molar-refractivity contribution in [3.63, 3.8) is 0 Å². The molecular formula is C42H28S2. The molecule has 0 saturated heterocycles. The van der Waals surface area contributed by atoms with Crippen LogP contribution in [0.4, 0.5) is 0 Å². The highest BCUT2D eigenvalue weighted by molar-refractivity contribution is 7.31. The fourth-order valence-electron chi connectivity index (χ4n) is 5.75. The summed E-state index contributed by atoms with van der Waals surface area (Å²) in [7, 11) is 0. The van der Waals surface area contributed by atoms with Crippen LogP contribution in [0.25, 0.3) is 74.8 Å². The molecule has 44 heavy (non-hydrogen) atoms. The summed E-state index contributed by atoms with van der Waals surface area (Å²) >= 11 is 3.75. The van der Waals surface area contributed by atoms with Gasteiger partial charge in [0.1, 0.15) is 0 Å². The van der Waals surface area contributed by atoms with Crippen LogP contribution in [0.1, 0.15) is 0 Å². The van der Waals surface area contributed by atoms with Gasteiger partial charge in [0.25, 0.3) is 0 Å². The lowest BCUT2D eigenvalue weighted by atomic mass is 9.99. The molecule has 208 valence electrons. The van der Waals surface area contributed by atoms with Gasteiger partial charge in [0, 0.05) is 19.2 Å². The van der Waals surface area contributed by atoms with E-state index in [1.807, 2.05) is 22.7 Å². The summed E-state index contributed by atoms with van der Waals surface area (Å²) in [5.74, 6) is 0. The Morgan fingerprint density at radius 2 is 0.455 bits per heavy atom. The second-order valence-corrected chi connectivity index (χ2v) is 13.2. The highest BCUT2D eigenvalue weighted by atomic mass is 32.1. The Balaban J connectivity index is 0.970. The van der Waals surface area contributed by atoms with E-state index in [-0.39, 0.29) is 0 Å². The lowest BCUT2D eigenvalue weighted by Crippen LogP contribution is -1.81. The van der Waals surface area contributed by atoms with Crippen molar-refractivity contribution in [2.45, 2.75) is 0 Å². The second-order valence-electron chi connectivity index (χ2n) is 11.0. The first-order valence-corrected chi connectivity index (χ1v) is 16.5. The molecule has 0 atom stereocenters. The molecule has 0 fully saturated rings. The second kappa shape index (κ2) is 11.6. The van der Waals surface area contributed by atoms with Crippen molar-refractivity contribution < 1.29 is 0 Å². The molecule has 0 amide bonds. The molecule has 0 N–H and O–H groups in total. The van der Waals surface area contributed by atoms with Gasteiger partial charge >= 0.3 is 0 Å². The predicted octanol–water partition coefficient (Wildman–Crippen LogP) is 13.0. The molecule has 8 aromatic rings. The van der Waals surface area contributed by atoms with E-state index in [9.17, 15) is 0 Å². The molecule has 0 aliphatic rings. The average Bonchev–Trinajstić information content (AvgIpc) is 3.70. The molecule has 0 radical (unpaired) electrons. The lowest BCUT2D eigenvalue weighted by molar-refractivity contribution is 1.59. The zero-order chi connectivity index (χ0) is 29.3. The molecule has 2 aromatic heterocycles. The molecule has 2 heterocycles. The van der Waals surface area contributed by atoms with E-state index in [1.54, 1.807) is 0 Å². The highest BCUT2D eigenvalue weighted by Gasteiger charge is 2.11. The smallest absolute Gasteiger partial charge is 0.0463 e. The Labute approximate surface area is 266 Å². The summed E-state index contributed by atoms with van der Waals surface area (Å²) in [6, 6.07) is 61.4. The summed E-state index contributed by atoms with van der Waals surface area (Å²) < 4.78 is 2.70. The monoisotopic (exact) mass is 596 g/mol. The van der Waals surface area contributed by atoms with E-state index >= 15 is 0 Å². The van der Waals surface area contributed by atoms with Crippen LogP contribution in [0.5, 0.6) is 0 Å². The van der Waals surface area contributed by atoms with Gasteiger partial charge in [-0.05, 0) is 67.8 Å². The maximum Gasteiger partial charge on any atom is 0.0463 e. The Kier molecular flexibility index (Phi) is 7.00. The maximum atomic E-state index is 2.35. The summed E-state index contributed by atoms with van der Waals surface area (Å²) in [5, 5.41) is 0. The van der Waals surface area contributed by atoms with Crippen molar-refractivity contribution in [1.29, 1.82) is 0 Å². The minimum absolute atomic E-state index is 1.24. The van der Waals surface area contributed by atoms with Crippen molar-refractivity contribution in [1.82, 2.24) is 0 Å². The van der Waals surface area contributed by atoms with E-state index in [1.165, 1.54) is 74.8 Å². The highest BCUT2D eigenvalue weighted by Crippen LogP contribution is 2.42. The van der Waals surface area contributed by atoms with Crippen molar-refractivity contribution in [3.05, 3.63) is 170 Å². The minimum atomic E-state index is 1.24. The number of hydrogen-bond donors (Lipinski definition) is 0. The SMILES string of the molecule is c1ccc(-c2ccc(-c3ccc(-c4cc5sc(-c6ccc(-c7ccc(-c8ccccc8)cc7)cc6)cc5s4)cc3)cc2)cc1. The van der Waals surface area contributed by atoms with Crippen molar-refractivity contribution in [2.24, 2.45) is 0 Å². The first-order valence-electron chi connectivity index (χ1n) is 14.8. The van der Waals surface area contributed by atoms with E-state index < -0.39 is 0 Å². The van der Waals surface area contributed by atoms with Crippen LogP contribution in [0.3, 0.4) is 0 Å². The van der Waals surface area contributed by atoms with Gasteiger partial charge in [-0.1, -0.05) is 158 Å². The van der Waals surface area contributed by atoms with Crippen LogP contribution in [0, 0.1) is 0 Å².